The number of halogens is 3. The highest BCUT2D eigenvalue weighted by atomic mass is 32.2. The zero-order valence-electron chi connectivity index (χ0n) is 21.2. The summed E-state index contributed by atoms with van der Waals surface area (Å²) in [6.45, 7) is 4.71. The predicted octanol–water partition coefficient (Wildman–Crippen LogP) is 2.61. The minimum Gasteiger partial charge on any atom is -0.497 e. The number of nitrogens with zero attached hydrogens (tertiary/aromatic N) is 1. The van der Waals surface area contributed by atoms with E-state index in [1.165, 1.54) is 19.2 Å². The lowest BCUT2D eigenvalue weighted by Crippen LogP contribution is -2.43. The highest BCUT2D eigenvalue weighted by Gasteiger charge is 2.51. The van der Waals surface area contributed by atoms with Gasteiger partial charge in [-0.15, -0.1) is 0 Å². The number of amides is 1. The molecule has 10 nitrogen and oxygen atoms in total. The van der Waals surface area contributed by atoms with Gasteiger partial charge in [-0.25, -0.2) is 13.2 Å². The third-order valence-electron chi connectivity index (χ3n) is 6.30. The van der Waals surface area contributed by atoms with Crippen LogP contribution in [0.1, 0.15) is 18.4 Å². The molecule has 14 heteroatoms. The average Bonchev–Trinajstić information content (AvgIpc) is 3.72. The van der Waals surface area contributed by atoms with E-state index in [2.05, 4.69) is 14.9 Å². The van der Waals surface area contributed by atoms with Crippen LogP contribution >= 0.6 is 0 Å². The molecule has 0 bridgehead atoms. The average molecular weight is 574 g/mol. The van der Waals surface area contributed by atoms with Crippen LogP contribution in [0.5, 0.6) is 5.75 Å². The van der Waals surface area contributed by atoms with Crippen LogP contribution in [0.15, 0.2) is 53.4 Å². The molecule has 1 amide bonds. The normalized spacial score (nSPS) is 16.8. The largest absolute Gasteiger partial charge is 0.497 e. The Hall–Kier alpha value is -3.36. The lowest BCUT2D eigenvalue weighted by atomic mass is 9.95. The molecule has 3 N–H and O–H groups in total. The first-order valence-corrected chi connectivity index (χ1v) is 13.5. The fourth-order valence-corrected chi connectivity index (χ4v) is 4.98. The van der Waals surface area contributed by atoms with Crippen molar-refractivity contribution in [1.29, 1.82) is 0 Å². The molecule has 2 aromatic carbocycles. The van der Waals surface area contributed by atoms with Crippen molar-refractivity contribution in [3.8, 4) is 5.75 Å². The van der Waals surface area contributed by atoms with Crippen LogP contribution in [-0.2, 0) is 29.8 Å². The van der Waals surface area contributed by atoms with Crippen LogP contribution in [-0.4, -0.2) is 83.0 Å². The first kappa shape index (κ1) is 30.2. The summed E-state index contributed by atoms with van der Waals surface area (Å²) in [4.78, 5) is 24.2. The Kier molecular flexibility index (Phi) is 9.80. The van der Waals surface area contributed by atoms with E-state index in [1.807, 2.05) is 12.1 Å². The van der Waals surface area contributed by atoms with Gasteiger partial charge in [0, 0.05) is 31.9 Å². The molecule has 214 valence electrons. The molecule has 2 aliphatic rings. The molecule has 1 saturated carbocycles. The van der Waals surface area contributed by atoms with Crippen molar-refractivity contribution in [3.63, 3.8) is 0 Å². The number of rotatable bonds is 9. The highest BCUT2D eigenvalue weighted by Crippen LogP contribution is 2.48. The third kappa shape index (κ3) is 8.31. The zero-order chi connectivity index (χ0) is 28.7. The van der Waals surface area contributed by atoms with E-state index in [-0.39, 0.29) is 10.8 Å². The number of carboxylic acid groups (broad SMARTS) is 1. The second kappa shape index (κ2) is 12.7. The van der Waals surface area contributed by atoms with Crippen LogP contribution in [0.3, 0.4) is 0 Å². The smallest absolute Gasteiger partial charge is 0.490 e. The molecular formula is C25H30F3N3O7S. The molecule has 0 radical (unpaired) electrons. The number of nitrogens with one attached hydrogen (secondary N) is 2. The maximum Gasteiger partial charge on any atom is 0.490 e. The Morgan fingerprint density at radius 2 is 1.62 bits per heavy atom. The maximum absolute atomic E-state index is 12.8. The van der Waals surface area contributed by atoms with Crippen molar-refractivity contribution in [2.75, 3.05) is 51.2 Å². The number of ether oxygens (including phenoxy) is 2. The Labute approximate surface area is 224 Å². The number of aliphatic carboxylic acids is 1. The van der Waals surface area contributed by atoms with Crippen molar-refractivity contribution < 1.29 is 45.8 Å². The van der Waals surface area contributed by atoms with Gasteiger partial charge in [-0.05, 0) is 54.8 Å². The molecule has 0 aromatic heterocycles. The fraction of sp³-hybridized carbons (Fsp3) is 0.440. The summed E-state index contributed by atoms with van der Waals surface area (Å²) in [7, 11) is -2.18. The minimum absolute atomic E-state index is 0.0392. The molecule has 0 unspecified atom stereocenters. The van der Waals surface area contributed by atoms with E-state index >= 15 is 0 Å². The summed E-state index contributed by atoms with van der Waals surface area (Å²) in [6.07, 6.45) is -3.49. The maximum atomic E-state index is 12.8. The number of morpholine rings is 1. The lowest BCUT2D eigenvalue weighted by molar-refractivity contribution is -0.192. The van der Waals surface area contributed by atoms with Gasteiger partial charge in [0.05, 0.1) is 30.6 Å². The molecule has 1 heterocycles. The number of anilines is 1. The van der Waals surface area contributed by atoms with E-state index in [0.717, 1.165) is 51.3 Å². The third-order valence-corrected chi connectivity index (χ3v) is 7.70. The van der Waals surface area contributed by atoms with Crippen LogP contribution in [0.25, 0.3) is 0 Å². The first-order valence-electron chi connectivity index (χ1n) is 12.0. The van der Waals surface area contributed by atoms with Crippen LogP contribution in [0.4, 0.5) is 18.9 Å². The number of alkyl halides is 3. The van der Waals surface area contributed by atoms with Gasteiger partial charge in [0.15, 0.2) is 0 Å². The van der Waals surface area contributed by atoms with E-state index in [4.69, 9.17) is 19.4 Å². The zero-order valence-corrected chi connectivity index (χ0v) is 22.0. The predicted molar refractivity (Wildman–Crippen MR) is 135 cm³/mol. The Morgan fingerprint density at radius 1 is 1.05 bits per heavy atom. The van der Waals surface area contributed by atoms with Crippen LogP contribution in [0.2, 0.25) is 0 Å². The second-order valence-corrected chi connectivity index (χ2v) is 10.6. The van der Waals surface area contributed by atoms with Crippen molar-refractivity contribution in [2.45, 2.75) is 29.3 Å². The van der Waals surface area contributed by atoms with Gasteiger partial charge < -0.3 is 19.9 Å². The highest BCUT2D eigenvalue weighted by molar-refractivity contribution is 7.92. The van der Waals surface area contributed by atoms with Gasteiger partial charge in [-0.3, -0.25) is 14.4 Å². The molecule has 1 aliphatic carbocycles. The van der Waals surface area contributed by atoms with Gasteiger partial charge in [0.25, 0.3) is 10.0 Å². The van der Waals surface area contributed by atoms with E-state index < -0.39 is 27.6 Å². The molecule has 39 heavy (non-hydrogen) atoms. The molecule has 1 saturated heterocycles. The van der Waals surface area contributed by atoms with Crippen molar-refractivity contribution in [2.24, 2.45) is 0 Å². The van der Waals surface area contributed by atoms with E-state index in [9.17, 15) is 26.4 Å². The van der Waals surface area contributed by atoms with Gasteiger partial charge >= 0.3 is 12.1 Å². The number of carboxylic acids is 1. The summed E-state index contributed by atoms with van der Waals surface area (Å²) >= 11 is 0. The fourth-order valence-electron chi connectivity index (χ4n) is 3.92. The first-order chi connectivity index (χ1) is 18.4. The van der Waals surface area contributed by atoms with Gasteiger partial charge in [0.1, 0.15) is 5.75 Å². The SMILES string of the molecule is COc1ccc(S(=O)(=O)Nc2ccc(C3(C(=O)NCCN4CCOCC4)CC3)cc2)cc1.O=C(O)C(F)(F)F. The Balaban J connectivity index is 0.000000532. The summed E-state index contributed by atoms with van der Waals surface area (Å²) < 4.78 is 70.0. The second-order valence-electron chi connectivity index (χ2n) is 8.95. The summed E-state index contributed by atoms with van der Waals surface area (Å²) in [5.41, 5.74) is 0.861. The molecule has 2 aromatic rings. The quantitative estimate of drug-likeness (QED) is 0.417. The lowest BCUT2D eigenvalue weighted by Gasteiger charge is -2.27. The number of hydrogen-bond acceptors (Lipinski definition) is 7. The molecule has 2 fully saturated rings. The van der Waals surface area contributed by atoms with Gasteiger partial charge in [-0.1, -0.05) is 12.1 Å². The minimum atomic E-state index is -5.08. The molecule has 1 aliphatic heterocycles. The molecule has 4 rings (SSSR count). The van der Waals surface area contributed by atoms with Gasteiger partial charge in [0.2, 0.25) is 5.91 Å². The Morgan fingerprint density at radius 3 is 2.10 bits per heavy atom. The number of carbonyl (C=O) groups excluding carboxylic acids is 1. The van der Waals surface area contributed by atoms with Gasteiger partial charge in [-0.2, -0.15) is 13.2 Å². The van der Waals surface area contributed by atoms with Crippen LogP contribution < -0.4 is 14.8 Å². The number of hydrogen-bond donors (Lipinski definition) is 3. The van der Waals surface area contributed by atoms with E-state index in [1.54, 1.807) is 24.3 Å². The molecular weight excluding hydrogens is 543 g/mol. The summed E-state index contributed by atoms with van der Waals surface area (Å²) in [6, 6.07) is 13.3. The monoisotopic (exact) mass is 573 g/mol. The summed E-state index contributed by atoms with van der Waals surface area (Å²) in [5.74, 6) is -2.13. The molecule has 0 spiro atoms. The number of sulfonamides is 1. The number of carbonyl (C=O) groups is 2. The number of benzene rings is 2. The van der Waals surface area contributed by atoms with Crippen LogP contribution in [0, 0.1) is 0 Å². The van der Waals surface area contributed by atoms with Crippen molar-refractivity contribution in [1.82, 2.24) is 10.2 Å². The Bertz CT molecular complexity index is 1230. The standard InChI is InChI=1S/C23H29N3O5S.C2HF3O2/c1-30-20-6-8-21(9-7-20)32(28,29)25-19-4-2-18(3-5-19)23(10-11-23)22(27)24-12-13-26-14-16-31-17-15-26;3-2(4,5)1(6)7/h2-9,25H,10-17H2,1H3,(H,24,27);(H,6,7). The number of methoxy groups -OCH3 is 1. The summed E-state index contributed by atoms with van der Waals surface area (Å²) in [5, 5.41) is 10.2. The topological polar surface area (TPSA) is 134 Å². The molecule has 0 atom stereocenters. The van der Waals surface area contributed by atoms with E-state index in [0.29, 0.717) is 18.0 Å². The van der Waals surface area contributed by atoms with Crippen molar-refractivity contribution >= 4 is 27.6 Å². The van der Waals surface area contributed by atoms with Crippen molar-refractivity contribution in [3.05, 3.63) is 54.1 Å².